The summed E-state index contributed by atoms with van der Waals surface area (Å²) < 4.78 is 28.8. The molecule has 0 aliphatic rings. The van der Waals surface area contributed by atoms with Gasteiger partial charge in [0.05, 0.1) is 5.52 Å². The fraction of sp³-hybridized carbons (Fsp3) is 0. The number of benzene rings is 2. The highest BCUT2D eigenvalue weighted by molar-refractivity contribution is 5.93. The topological polar surface area (TPSA) is 66.5 Å². The molecule has 3 aromatic heterocycles. The second kappa shape index (κ2) is 6.38. The molecule has 5 rings (SSSR count). The molecule has 5 aromatic rings. The lowest BCUT2D eigenvalue weighted by atomic mass is 10.2. The molecule has 0 amide bonds. The van der Waals surface area contributed by atoms with Gasteiger partial charge in [-0.3, -0.25) is 4.98 Å². The Balaban J connectivity index is 1.69. The number of halogens is 2. The normalized spacial score (nSPS) is 11.2. The molecule has 3 heterocycles. The van der Waals surface area contributed by atoms with Crippen LogP contribution >= 0.6 is 0 Å². The van der Waals surface area contributed by atoms with Gasteiger partial charge in [-0.1, -0.05) is 6.07 Å². The van der Waals surface area contributed by atoms with Crippen molar-refractivity contribution in [1.82, 2.24) is 19.9 Å². The van der Waals surface area contributed by atoms with Crippen molar-refractivity contribution in [2.24, 2.45) is 0 Å². The Morgan fingerprint density at radius 3 is 2.61 bits per heavy atom. The number of rotatable bonds is 3. The van der Waals surface area contributed by atoms with Crippen molar-refractivity contribution in [2.45, 2.75) is 0 Å². The Morgan fingerprint density at radius 1 is 0.893 bits per heavy atom. The van der Waals surface area contributed by atoms with E-state index in [1.54, 1.807) is 55.0 Å². The smallest absolute Gasteiger partial charge is 0.162 e. The number of H-pyrrole nitrogens is 1. The first-order valence-corrected chi connectivity index (χ1v) is 8.59. The van der Waals surface area contributed by atoms with Crippen LogP contribution in [0.15, 0.2) is 67.1 Å². The van der Waals surface area contributed by atoms with Crippen LogP contribution in [0.2, 0.25) is 0 Å². The monoisotopic (exact) mass is 373 g/mol. The highest BCUT2D eigenvalue weighted by Gasteiger charge is 2.14. The third kappa shape index (κ3) is 2.73. The summed E-state index contributed by atoms with van der Waals surface area (Å²) in [6, 6.07) is 13.1. The molecule has 0 radical (unpaired) electrons. The molecule has 5 nitrogen and oxygen atoms in total. The molecule has 0 saturated heterocycles. The molecule has 0 unspecified atom stereocenters. The highest BCUT2D eigenvalue weighted by Crippen LogP contribution is 2.30. The van der Waals surface area contributed by atoms with Crippen molar-refractivity contribution in [1.29, 1.82) is 0 Å². The maximum absolute atomic E-state index is 14.4. The van der Waals surface area contributed by atoms with Gasteiger partial charge in [0.15, 0.2) is 5.82 Å². The van der Waals surface area contributed by atoms with Gasteiger partial charge < -0.3 is 10.3 Å². The van der Waals surface area contributed by atoms with Crippen molar-refractivity contribution >= 4 is 33.3 Å². The number of nitrogens with one attached hydrogen (secondary N) is 2. The number of anilines is 2. The van der Waals surface area contributed by atoms with E-state index in [0.717, 1.165) is 5.39 Å². The fourth-order valence-corrected chi connectivity index (χ4v) is 3.18. The van der Waals surface area contributed by atoms with E-state index in [4.69, 9.17) is 0 Å². The summed E-state index contributed by atoms with van der Waals surface area (Å²) in [5.74, 6) is -0.0919. The SMILES string of the molecule is Fc1cccc2c(Nc3cc(F)c4[nH]ccc4c3)nc(-c3ccncc3)nc12. The van der Waals surface area contributed by atoms with Gasteiger partial charge in [-0.15, -0.1) is 0 Å². The Labute approximate surface area is 158 Å². The van der Waals surface area contributed by atoms with Crippen LogP contribution < -0.4 is 5.32 Å². The molecule has 28 heavy (non-hydrogen) atoms. The van der Waals surface area contributed by atoms with Crippen LogP contribution in [-0.2, 0) is 0 Å². The highest BCUT2D eigenvalue weighted by atomic mass is 19.1. The van der Waals surface area contributed by atoms with Crippen LogP contribution in [0.4, 0.5) is 20.3 Å². The summed E-state index contributed by atoms with van der Waals surface area (Å²) >= 11 is 0. The number of hydrogen-bond acceptors (Lipinski definition) is 4. The predicted octanol–water partition coefficient (Wildman–Crippen LogP) is 5.19. The van der Waals surface area contributed by atoms with Crippen LogP contribution in [0.1, 0.15) is 0 Å². The minimum absolute atomic E-state index is 0.190. The second-order valence-electron chi connectivity index (χ2n) is 6.29. The summed E-state index contributed by atoms with van der Waals surface area (Å²) in [7, 11) is 0. The average Bonchev–Trinajstić information content (AvgIpc) is 3.18. The van der Waals surface area contributed by atoms with E-state index in [0.29, 0.717) is 33.8 Å². The van der Waals surface area contributed by atoms with E-state index in [-0.39, 0.29) is 11.3 Å². The lowest BCUT2D eigenvalue weighted by Gasteiger charge is -2.12. The third-order valence-electron chi connectivity index (χ3n) is 4.49. The molecule has 0 saturated carbocycles. The van der Waals surface area contributed by atoms with E-state index in [1.165, 1.54) is 12.1 Å². The zero-order valence-corrected chi connectivity index (χ0v) is 14.4. The third-order valence-corrected chi connectivity index (χ3v) is 4.49. The van der Waals surface area contributed by atoms with Gasteiger partial charge >= 0.3 is 0 Å². The van der Waals surface area contributed by atoms with Gasteiger partial charge in [-0.25, -0.2) is 18.7 Å². The number of hydrogen-bond donors (Lipinski definition) is 2. The molecule has 0 aliphatic heterocycles. The molecule has 0 spiro atoms. The summed E-state index contributed by atoms with van der Waals surface area (Å²) in [5.41, 5.74) is 1.83. The standard InChI is InChI=1S/C21H13F2N5/c22-16-3-1-2-15-19(16)27-20(12-4-7-24-8-5-12)28-21(15)26-14-10-13-6-9-25-18(13)17(23)11-14/h1-11,25H,(H,26,27,28). The van der Waals surface area contributed by atoms with Gasteiger partial charge in [-0.2, -0.15) is 0 Å². The van der Waals surface area contributed by atoms with Crippen molar-refractivity contribution in [3.8, 4) is 11.4 Å². The number of pyridine rings is 1. The van der Waals surface area contributed by atoms with Gasteiger partial charge in [0.2, 0.25) is 0 Å². The largest absolute Gasteiger partial charge is 0.359 e. The number of nitrogens with zero attached hydrogens (tertiary/aromatic N) is 3. The predicted molar refractivity (Wildman–Crippen MR) is 104 cm³/mol. The molecule has 2 aromatic carbocycles. The lowest BCUT2D eigenvalue weighted by Crippen LogP contribution is -2.01. The first-order valence-electron chi connectivity index (χ1n) is 8.59. The molecule has 2 N–H and O–H groups in total. The zero-order chi connectivity index (χ0) is 19.1. The number of para-hydroxylation sites is 1. The second-order valence-corrected chi connectivity index (χ2v) is 6.29. The van der Waals surface area contributed by atoms with Crippen molar-refractivity contribution in [3.63, 3.8) is 0 Å². The van der Waals surface area contributed by atoms with Gasteiger partial charge in [0.25, 0.3) is 0 Å². The Morgan fingerprint density at radius 2 is 1.75 bits per heavy atom. The van der Waals surface area contributed by atoms with E-state index >= 15 is 0 Å². The van der Waals surface area contributed by atoms with E-state index in [2.05, 4.69) is 25.3 Å². The molecular weight excluding hydrogens is 360 g/mol. The molecule has 0 fully saturated rings. The molecule has 7 heteroatoms. The Kier molecular flexibility index (Phi) is 3.72. The molecule has 136 valence electrons. The quantitative estimate of drug-likeness (QED) is 0.456. The fourth-order valence-electron chi connectivity index (χ4n) is 3.18. The molecule has 0 aliphatic carbocycles. The van der Waals surface area contributed by atoms with Crippen LogP contribution in [0.25, 0.3) is 33.2 Å². The molecule has 0 bridgehead atoms. The van der Waals surface area contributed by atoms with Crippen LogP contribution in [0, 0.1) is 11.6 Å². The summed E-state index contributed by atoms with van der Waals surface area (Å²) in [6.45, 7) is 0. The minimum Gasteiger partial charge on any atom is -0.359 e. The lowest BCUT2D eigenvalue weighted by molar-refractivity contribution is 0.636. The first kappa shape index (κ1) is 16.3. The van der Waals surface area contributed by atoms with Crippen molar-refractivity contribution < 1.29 is 8.78 Å². The number of aromatic amines is 1. The zero-order valence-electron chi connectivity index (χ0n) is 14.4. The van der Waals surface area contributed by atoms with Gasteiger partial charge in [0, 0.05) is 40.6 Å². The van der Waals surface area contributed by atoms with Crippen molar-refractivity contribution in [3.05, 3.63) is 78.8 Å². The number of aromatic nitrogens is 4. The maximum Gasteiger partial charge on any atom is 0.162 e. The summed E-state index contributed by atoms with van der Waals surface area (Å²) in [5, 5.41) is 4.35. The minimum atomic E-state index is -0.453. The van der Waals surface area contributed by atoms with E-state index < -0.39 is 5.82 Å². The maximum atomic E-state index is 14.4. The summed E-state index contributed by atoms with van der Waals surface area (Å²) in [4.78, 5) is 15.8. The van der Waals surface area contributed by atoms with E-state index in [9.17, 15) is 8.78 Å². The number of fused-ring (bicyclic) bond motifs is 2. The van der Waals surface area contributed by atoms with Gasteiger partial charge in [0.1, 0.15) is 23.0 Å². The van der Waals surface area contributed by atoms with Gasteiger partial charge in [-0.05, 0) is 42.5 Å². The van der Waals surface area contributed by atoms with Crippen LogP contribution in [-0.4, -0.2) is 19.9 Å². The Bertz CT molecular complexity index is 1310. The van der Waals surface area contributed by atoms with Crippen LogP contribution in [0.3, 0.4) is 0 Å². The molecular formula is C21H13F2N5. The van der Waals surface area contributed by atoms with Crippen molar-refractivity contribution in [2.75, 3.05) is 5.32 Å². The average molecular weight is 373 g/mol. The van der Waals surface area contributed by atoms with Crippen LogP contribution in [0.5, 0.6) is 0 Å². The summed E-state index contributed by atoms with van der Waals surface area (Å²) in [6.07, 6.45) is 4.91. The first-order chi connectivity index (χ1) is 13.7. The Hall–Kier alpha value is -3.87. The molecule has 0 atom stereocenters. The van der Waals surface area contributed by atoms with E-state index in [1.807, 2.05) is 0 Å².